The van der Waals surface area contributed by atoms with E-state index >= 15 is 0 Å². The van der Waals surface area contributed by atoms with Gasteiger partial charge in [-0.15, -0.1) is 0 Å². The third-order valence-corrected chi connectivity index (χ3v) is 1.21. The SMILES string of the molecule is COP(N)(=O)[S-].[K+]. The van der Waals surface area contributed by atoms with E-state index in [0.717, 1.165) is 0 Å². The normalized spacial score (nSPS) is 17.0. The largest absolute Gasteiger partial charge is 1.00 e. The van der Waals surface area contributed by atoms with Gasteiger partial charge in [-0.3, -0.25) is 5.50 Å². The summed E-state index contributed by atoms with van der Waals surface area (Å²) in [6.45, 7) is -3.06. The summed E-state index contributed by atoms with van der Waals surface area (Å²) in [4.78, 5) is 0. The smallest absolute Gasteiger partial charge is 0.673 e. The van der Waals surface area contributed by atoms with Gasteiger partial charge in [0.15, 0.2) is 0 Å². The van der Waals surface area contributed by atoms with Gasteiger partial charge in [-0.05, 0) is 0 Å². The zero-order chi connectivity index (χ0) is 5.21. The zero-order valence-electron chi connectivity index (χ0n) is 4.25. The third kappa shape index (κ3) is 11.6. The molecule has 0 spiro atoms. The van der Waals surface area contributed by atoms with Crippen molar-refractivity contribution in [2.45, 2.75) is 0 Å². The van der Waals surface area contributed by atoms with Crippen molar-refractivity contribution in [3.63, 3.8) is 0 Å². The van der Waals surface area contributed by atoms with Gasteiger partial charge in [-0.1, -0.05) is 0 Å². The van der Waals surface area contributed by atoms with Crippen LogP contribution in [-0.4, -0.2) is 7.11 Å². The molecule has 0 fully saturated rings. The maximum atomic E-state index is 9.95. The summed E-state index contributed by atoms with van der Waals surface area (Å²) in [5.41, 5.74) is 4.68. The molecule has 0 aliphatic rings. The maximum absolute atomic E-state index is 9.95. The summed E-state index contributed by atoms with van der Waals surface area (Å²) >= 11 is 4.10. The van der Waals surface area contributed by atoms with E-state index < -0.39 is 6.72 Å². The van der Waals surface area contributed by atoms with Crippen molar-refractivity contribution in [3.8, 4) is 0 Å². The van der Waals surface area contributed by atoms with Crippen molar-refractivity contribution in [1.82, 2.24) is 0 Å². The van der Waals surface area contributed by atoms with Crippen LogP contribution in [0.3, 0.4) is 0 Å². The van der Waals surface area contributed by atoms with Gasteiger partial charge in [0, 0.05) is 7.11 Å². The summed E-state index contributed by atoms with van der Waals surface area (Å²) < 4.78 is 14.0. The van der Waals surface area contributed by atoms with E-state index in [0.29, 0.717) is 0 Å². The molecule has 0 aliphatic carbocycles. The Morgan fingerprint density at radius 1 is 1.86 bits per heavy atom. The molecule has 0 heterocycles. The van der Waals surface area contributed by atoms with Gasteiger partial charge < -0.3 is 21.3 Å². The minimum Gasteiger partial charge on any atom is -0.673 e. The first-order chi connectivity index (χ1) is 2.56. The monoisotopic (exact) mass is 165 g/mol. The van der Waals surface area contributed by atoms with Gasteiger partial charge in [0.05, 0.1) is 0 Å². The average Bonchev–Trinajstić information content (AvgIpc) is 1.35. The number of hydrogen-bond acceptors (Lipinski definition) is 3. The molecule has 1 atom stereocenters. The molecule has 38 valence electrons. The molecule has 0 aromatic carbocycles. The molecule has 7 heavy (non-hydrogen) atoms. The van der Waals surface area contributed by atoms with Crippen LogP contribution in [-0.2, 0) is 21.3 Å². The Kier molecular flexibility index (Phi) is 8.42. The standard InChI is InChI=1S/CH6NO2PS.K/c1-4-5(2,3)6;/h1H3,(H3,2,3,6);/q;+1/p-1. The van der Waals surface area contributed by atoms with Crippen LogP contribution in [0, 0.1) is 0 Å². The van der Waals surface area contributed by atoms with Crippen molar-refractivity contribution in [2.75, 3.05) is 7.11 Å². The fourth-order valence-electron chi connectivity index (χ4n) is 0. The van der Waals surface area contributed by atoms with E-state index in [4.69, 9.17) is 0 Å². The molecule has 2 N–H and O–H groups in total. The molecule has 0 radical (unpaired) electrons. The molecule has 6 heteroatoms. The number of hydrogen-bond donors (Lipinski definition) is 1. The van der Waals surface area contributed by atoms with Crippen LogP contribution in [0.1, 0.15) is 0 Å². The van der Waals surface area contributed by atoms with E-state index in [2.05, 4.69) is 22.3 Å². The van der Waals surface area contributed by atoms with Crippen molar-refractivity contribution in [2.24, 2.45) is 5.50 Å². The first kappa shape index (κ1) is 11.9. The predicted octanol–water partition coefficient (Wildman–Crippen LogP) is -2.75. The fraction of sp³-hybridized carbons (Fsp3) is 1.00. The minimum absolute atomic E-state index is 0. The Balaban J connectivity index is 0. The van der Waals surface area contributed by atoms with Gasteiger partial charge in [0.2, 0.25) is 0 Å². The van der Waals surface area contributed by atoms with Crippen LogP contribution in [0.2, 0.25) is 0 Å². The number of nitrogens with two attached hydrogens (primary N) is 1. The second kappa shape index (κ2) is 4.96. The van der Waals surface area contributed by atoms with E-state index in [1.54, 1.807) is 0 Å². The molecule has 0 aromatic rings. The first-order valence-electron chi connectivity index (χ1n) is 1.21. The van der Waals surface area contributed by atoms with Gasteiger partial charge in [0.1, 0.15) is 6.72 Å². The van der Waals surface area contributed by atoms with Crippen LogP contribution in [0.4, 0.5) is 0 Å². The molecule has 3 nitrogen and oxygen atoms in total. The van der Waals surface area contributed by atoms with Crippen molar-refractivity contribution < 1.29 is 60.5 Å². The number of rotatable bonds is 1. The zero-order valence-corrected chi connectivity index (χ0v) is 9.08. The Bertz CT molecular complexity index is 81.8. The van der Waals surface area contributed by atoms with Gasteiger partial charge in [-0.25, -0.2) is 0 Å². The molecule has 0 aromatic heterocycles. The molecule has 0 rings (SSSR count). The summed E-state index contributed by atoms with van der Waals surface area (Å²) in [7, 11) is 1.22. The third-order valence-electron chi connectivity index (χ3n) is 0.254. The molecule has 0 aliphatic heterocycles. The van der Waals surface area contributed by atoms with Crippen LogP contribution < -0.4 is 56.9 Å². The summed E-state index contributed by atoms with van der Waals surface area (Å²) in [5.74, 6) is 0. The van der Waals surface area contributed by atoms with Gasteiger partial charge in [0.25, 0.3) is 0 Å². The Hall–Kier alpha value is 2.14. The molecular weight excluding hydrogens is 160 g/mol. The Labute approximate surface area is 90.5 Å². The van der Waals surface area contributed by atoms with Crippen LogP contribution in [0.25, 0.3) is 0 Å². The van der Waals surface area contributed by atoms with Crippen LogP contribution in [0.15, 0.2) is 0 Å². The molecule has 0 bridgehead atoms. The Morgan fingerprint density at radius 3 is 2.00 bits per heavy atom. The predicted molar refractivity (Wildman–Crippen MR) is 26.2 cm³/mol. The summed E-state index contributed by atoms with van der Waals surface area (Å²) in [6, 6.07) is 0. The average molecular weight is 165 g/mol. The van der Waals surface area contributed by atoms with E-state index in [1.165, 1.54) is 7.11 Å². The quantitative estimate of drug-likeness (QED) is 0.260. The molecule has 0 saturated carbocycles. The van der Waals surface area contributed by atoms with Gasteiger partial charge in [-0.2, -0.15) is 0 Å². The first-order valence-corrected chi connectivity index (χ1v) is 3.92. The Morgan fingerprint density at radius 2 is 2.00 bits per heavy atom. The maximum Gasteiger partial charge on any atom is 1.00 e. The van der Waals surface area contributed by atoms with Gasteiger partial charge >= 0.3 is 51.4 Å². The molecule has 0 saturated heterocycles. The van der Waals surface area contributed by atoms with Crippen molar-refractivity contribution in [3.05, 3.63) is 0 Å². The molecule has 1 unspecified atom stereocenters. The fourth-order valence-corrected chi connectivity index (χ4v) is 0. The summed E-state index contributed by atoms with van der Waals surface area (Å²) in [5, 5.41) is 0. The van der Waals surface area contributed by atoms with E-state index in [1.807, 2.05) is 0 Å². The van der Waals surface area contributed by atoms with E-state index in [-0.39, 0.29) is 51.4 Å². The van der Waals surface area contributed by atoms with Crippen molar-refractivity contribution >= 4 is 19.0 Å². The second-order valence-corrected chi connectivity index (χ2v) is 3.69. The second-order valence-electron chi connectivity index (χ2n) is 0.722. The van der Waals surface area contributed by atoms with Crippen molar-refractivity contribution in [1.29, 1.82) is 0 Å². The minimum atomic E-state index is -3.06. The molecular formula is CH5KNO2PS. The van der Waals surface area contributed by atoms with Crippen LogP contribution in [0.5, 0.6) is 0 Å². The van der Waals surface area contributed by atoms with Crippen LogP contribution >= 0.6 is 6.72 Å². The van der Waals surface area contributed by atoms with E-state index in [9.17, 15) is 4.57 Å². The molecule has 0 amide bonds. The topological polar surface area (TPSA) is 52.3 Å². The summed E-state index contributed by atoms with van der Waals surface area (Å²) in [6.07, 6.45) is 0.